The Labute approximate surface area is 134 Å². The van der Waals surface area contributed by atoms with Crippen LogP contribution in [0.3, 0.4) is 0 Å². The minimum Gasteiger partial charge on any atom is -0.261 e. The van der Waals surface area contributed by atoms with Crippen LogP contribution in [-0.2, 0) is 12.8 Å². The lowest BCUT2D eigenvalue weighted by Gasteiger charge is -2.07. The van der Waals surface area contributed by atoms with Gasteiger partial charge in [0, 0.05) is 18.0 Å². The van der Waals surface area contributed by atoms with Crippen molar-refractivity contribution in [3.63, 3.8) is 0 Å². The normalized spacial score (nSPS) is 11.8. The Kier molecular flexibility index (Phi) is 5.37. The van der Waals surface area contributed by atoms with Gasteiger partial charge in [-0.2, -0.15) is 13.2 Å². The second-order valence-corrected chi connectivity index (χ2v) is 5.29. The van der Waals surface area contributed by atoms with Crippen molar-refractivity contribution in [2.75, 3.05) is 0 Å². The minimum atomic E-state index is -4.29. The molecule has 0 saturated carbocycles. The predicted molar refractivity (Wildman–Crippen MR) is 87.9 cm³/mol. The standard InChI is InChI=1S/C19H18F3N/c1-3-18-9-6-16(13-23-18)12-14(2)17-7-4-15(5-8-17)10-11-19(20,21)22/h4-11,13H,2-3,12H2,1H3/b11-10+. The van der Waals surface area contributed by atoms with Gasteiger partial charge in [0.2, 0.25) is 0 Å². The minimum absolute atomic E-state index is 0.234. The van der Waals surface area contributed by atoms with E-state index in [2.05, 4.69) is 18.5 Å². The maximum Gasteiger partial charge on any atom is 0.409 e. The van der Waals surface area contributed by atoms with Crippen LogP contribution in [0.15, 0.2) is 55.3 Å². The lowest BCUT2D eigenvalue weighted by atomic mass is 9.99. The molecule has 0 atom stereocenters. The summed E-state index contributed by atoms with van der Waals surface area (Å²) in [6.07, 6.45) is 0.394. The van der Waals surface area contributed by atoms with Crippen LogP contribution in [0.5, 0.6) is 0 Å². The van der Waals surface area contributed by atoms with E-state index in [1.165, 1.54) is 0 Å². The summed E-state index contributed by atoms with van der Waals surface area (Å²) < 4.78 is 36.4. The molecule has 1 aromatic carbocycles. The van der Waals surface area contributed by atoms with Crippen LogP contribution in [0.4, 0.5) is 13.2 Å². The highest BCUT2D eigenvalue weighted by Gasteiger charge is 2.21. The summed E-state index contributed by atoms with van der Waals surface area (Å²) in [5, 5.41) is 0. The van der Waals surface area contributed by atoms with Gasteiger partial charge in [-0.1, -0.05) is 49.9 Å². The summed E-state index contributed by atoms with van der Waals surface area (Å²) in [5.74, 6) is 0. The van der Waals surface area contributed by atoms with E-state index in [1.807, 2.05) is 18.3 Å². The molecule has 0 unspecified atom stereocenters. The average molecular weight is 317 g/mol. The third kappa shape index (κ3) is 5.40. The van der Waals surface area contributed by atoms with E-state index >= 15 is 0 Å². The number of rotatable bonds is 5. The number of alkyl halides is 3. The fourth-order valence-corrected chi connectivity index (χ4v) is 2.14. The number of aromatic nitrogens is 1. The summed E-state index contributed by atoms with van der Waals surface area (Å²) in [4.78, 5) is 4.35. The maximum atomic E-state index is 12.1. The maximum absolute atomic E-state index is 12.1. The molecule has 0 aliphatic heterocycles. The molecule has 1 nitrogen and oxygen atoms in total. The number of halogens is 3. The molecule has 1 aromatic heterocycles. The Morgan fingerprint density at radius 2 is 1.83 bits per heavy atom. The second-order valence-electron chi connectivity index (χ2n) is 5.29. The number of hydrogen-bond acceptors (Lipinski definition) is 1. The van der Waals surface area contributed by atoms with Crippen LogP contribution in [0.2, 0.25) is 0 Å². The van der Waals surface area contributed by atoms with Crippen molar-refractivity contribution >= 4 is 11.6 Å². The summed E-state index contributed by atoms with van der Waals surface area (Å²) in [5.41, 5.74) is 4.43. The molecule has 0 bridgehead atoms. The number of aryl methyl sites for hydroxylation is 1. The number of pyridine rings is 1. The lowest BCUT2D eigenvalue weighted by molar-refractivity contribution is -0.0790. The van der Waals surface area contributed by atoms with Gasteiger partial charge in [0.05, 0.1) is 0 Å². The highest BCUT2D eigenvalue weighted by atomic mass is 19.4. The third-order valence-corrected chi connectivity index (χ3v) is 3.45. The van der Waals surface area contributed by atoms with Gasteiger partial charge in [0.15, 0.2) is 0 Å². The van der Waals surface area contributed by atoms with Crippen molar-refractivity contribution in [3.05, 3.63) is 77.6 Å². The van der Waals surface area contributed by atoms with Crippen LogP contribution in [0.1, 0.15) is 29.3 Å². The molecule has 1 heterocycles. The molecule has 0 radical (unpaired) electrons. The smallest absolute Gasteiger partial charge is 0.261 e. The quantitative estimate of drug-likeness (QED) is 0.712. The zero-order valence-electron chi connectivity index (χ0n) is 12.9. The fraction of sp³-hybridized carbons (Fsp3) is 0.211. The first-order valence-electron chi connectivity index (χ1n) is 7.35. The van der Waals surface area contributed by atoms with E-state index < -0.39 is 6.18 Å². The van der Waals surface area contributed by atoms with Gasteiger partial charge < -0.3 is 0 Å². The van der Waals surface area contributed by atoms with Gasteiger partial charge in [0.1, 0.15) is 0 Å². The molecular weight excluding hydrogens is 299 g/mol. The molecule has 0 spiro atoms. The molecule has 0 saturated heterocycles. The Morgan fingerprint density at radius 1 is 1.13 bits per heavy atom. The number of benzene rings is 1. The van der Waals surface area contributed by atoms with Crippen molar-refractivity contribution in [1.29, 1.82) is 0 Å². The average Bonchev–Trinajstić information content (AvgIpc) is 2.53. The zero-order valence-corrected chi connectivity index (χ0v) is 12.9. The van der Waals surface area contributed by atoms with Crippen LogP contribution in [0.25, 0.3) is 11.6 Å². The predicted octanol–water partition coefficient (Wildman–Crippen LogP) is 5.48. The highest BCUT2D eigenvalue weighted by molar-refractivity contribution is 5.67. The molecule has 4 heteroatoms. The Balaban J connectivity index is 2.03. The Bertz CT molecular complexity index is 680. The van der Waals surface area contributed by atoms with E-state index in [-0.39, 0.29) is 6.08 Å². The number of nitrogens with zero attached hydrogens (tertiary/aromatic N) is 1. The van der Waals surface area contributed by atoms with Gasteiger partial charge in [-0.3, -0.25) is 4.98 Å². The monoisotopic (exact) mass is 317 g/mol. The van der Waals surface area contributed by atoms with E-state index in [9.17, 15) is 13.2 Å². The van der Waals surface area contributed by atoms with Crippen molar-refractivity contribution in [3.8, 4) is 0 Å². The lowest BCUT2D eigenvalue weighted by Crippen LogP contribution is -2.00. The second kappa shape index (κ2) is 7.27. The summed E-state index contributed by atoms with van der Waals surface area (Å²) >= 11 is 0. The largest absolute Gasteiger partial charge is 0.409 e. The molecule has 23 heavy (non-hydrogen) atoms. The summed E-state index contributed by atoms with van der Waals surface area (Å²) in [7, 11) is 0. The van der Waals surface area contributed by atoms with Gasteiger partial charge >= 0.3 is 6.18 Å². The van der Waals surface area contributed by atoms with Gasteiger partial charge in [-0.05, 0) is 41.2 Å². The first-order chi connectivity index (χ1) is 10.9. The van der Waals surface area contributed by atoms with Crippen molar-refractivity contribution in [2.24, 2.45) is 0 Å². The van der Waals surface area contributed by atoms with Crippen LogP contribution in [-0.4, -0.2) is 11.2 Å². The topological polar surface area (TPSA) is 12.9 Å². The van der Waals surface area contributed by atoms with Gasteiger partial charge in [-0.15, -0.1) is 0 Å². The Hall–Kier alpha value is -2.36. The van der Waals surface area contributed by atoms with E-state index in [4.69, 9.17) is 0 Å². The van der Waals surface area contributed by atoms with E-state index in [0.29, 0.717) is 12.0 Å². The zero-order chi connectivity index (χ0) is 16.9. The summed E-state index contributed by atoms with van der Waals surface area (Å²) in [6, 6.07) is 10.9. The first kappa shape index (κ1) is 17.0. The van der Waals surface area contributed by atoms with E-state index in [1.54, 1.807) is 24.3 Å². The van der Waals surface area contributed by atoms with Gasteiger partial charge in [-0.25, -0.2) is 0 Å². The van der Waals surface area contributed by atoms with Crippen molar-refractivity contribution < 1.29 is 13.2 Å². The molecule has 0 N–H and O–H groups in total. The number of allylic oxidation sites excluding steroid dienone is 2. The van der Waals surface area contributed by atoms with Crippen LogP contribution >= 0.6 is 0 Å². The fourth-order valence-electron chi connectivity index (χ4n) is 2.14. The van der Waals surface area contributed by atoms with Crippen LogP contribution < -0.4 is 0 Å². The molecule has 2 aromatic rings. The molecular formula is C19H18F3N. The Morgan fingerprint density at radius 3 is 2.35 bits per heavy atom. The van der Waals surface area contributed by atoms with Crippen LogP contribution in [0, 0.1) is 0 Å². The third-order valence-electron chi connectivity index (χ3n) is 3.45. The SMILES string of the molecule is C=C(Cc1ccc(CC)nc1)c1ccc(/C=C/C(F)(F)F)cc1. The number of hydrogen-bond donors (Lipinski definition) is 0. The molecule has 120 valence electrons. The highest BCUT2D eigenvalue weighted by Crippen LogP contribution is 2.21. The molecule has 2 rings (SSSR count). The molecule has 0 aliphatic rings. The summed E-state index contributed by atoms with van der Waals surface area (Å²) in [6.45, 7) is 6.10. The van der Waals surface area contributed by atoms with E-state index in [0.717, 1.165) is 34.9 Å². The molecule has 0 fully saturated rings. The molecule has 0 aliphatic carbocycles. The van der Waals surface area contributed by atoms with Crippen molar-refractivity contribution in [1.82, 2.24) is 4.98 Å². The van der Waals surface area contributed by atoms with Gasteiger partial charge in [0.25, 0.3) is 0 Å². The first-order valence-corrected chi connectivity index (χ1v) is 7.35. The van der Waals surface area contributed by atoms with Crippen molar-refractivity contribution in [2.45, 2.75) is 25.9 Å². The molecule has 0 amide bonds.